The van der Waals surface area contributed by atoms with E-state index in [1.807, 2.05) is 60.7 Å². The lowest BCUT2D eigenvalue weighted by molar-refractivity contribution is 1.04. The van der Waals surface area contributed by atoms with E-state index in [1.54, 1.807) is 24.4 Å². The third-order valence-electron chi connectivity index (χ3n) is 4.03. The van der Waals surface area contributed by atoms with Crippen LogP contribution in [0.4, 0.5) is 29.2 Å². The summed E-state index contributed by atoms with van der Waals surface area (Å²) in [5.74, 6) is 0.983. The Morgan fingerprint density at radius 2 is 1.23 bits per heavy atom. The van der Waals surface area contributed by atoms with Crippen LogP contribution in [0.3, 0.4) is 0 Å². The average Bonchev–Trinajstić information content (AvgIpc) is 2.77. The van der Waals surface area contributed by atoms with Crippen molar-refractivity contribution in [3.63, 3.8) is 0 Å². The fraction of sp³-hybridized carbons (Fsp3) is 0. The predicted octanol–water partition coefficient (Wildman–Crippen LogP) is 6.11. The molecule has 0 fully saturated rings. The minimum Gasteiger partial charge on any atom is -0.324 e. The van der Waals surface area contributed by atoms with Crippen molar-refractivity contribution in [3.05, 3.63) is 94.5 Å². The van der Waals surface area contributed by atoms with Crippen LogP contribution in [0.2, 0.25) is 10.0 Å². The number of benzene rings is 3. The van der Waals surface area contributed by atoms with Crippen molar-refractivity contribution in [2.75, 3.05) is 16.1 Å². The first-order valence-electron chi connectivity index (χ1n) is 9.30. The molecule has 7 nitrogen and oxygen atoms in total. The summed E-state index contributed by atoms with van der Waals surface area (Å²) in [4.78, 5) is 13.2. The summed E-state index contributed by atoms with van der Waals surface area (Å²) in [7, 11) is 0. The number of aromatic nitrogens is 3. The van der Waals surface area contributed by atoms with E-state index in [1.165, 1.54) is 0 Å². The number of halogens is 2. The van der Waals surface area contributed by atoms with E-state index in [0.717, 1.165) is 11.4 Å². The van der Waals surface area contributed by atoms with Gasteiger partial charge in [0, 0.05) is 22.0 Å². The van der Waals surface area contributed by atoms with Gasteiger partial charge in [-0.1, -0.05) is 65.7 Å². The molecular weight excluding hydrogens is 433 g/mol. The third kappa shape index (κ3) is 5.91. The average molecular weight is 450 g/mol. The highest BCUT2D eigenvalue weighted by Gasteiger charge is 2.07. The van der Waals surface area contributed by atoms with E-state index in [0.29, 0.717) is 27.5 Å². The van der Waals surface area contributed by atoms with Crippen LogP contribution in [0.1, 0.15) is 5.56 Å². The molecule has 31 heavy (non-hydrogen) atoms. The highest BCUT2D eigenvalue weighted by molar-refractivity contribution is 6.36. The van der Waals surface area contributed by atoms with Crippen LogP contribution in [-0.2, 0) is 0 Å². The summed E-state index contributed by atoms with van der Waals surface area (Å²) in [5.41, 5.74) is 5.23. The zero-order valence-corrected chi connectivity index (χ0v) is 17.6. The maximum atomic E-state index is 6.18. The highest BCUT2D eigenvalue weighted by Crippen LogP contribution is 2.20. The van der Waals surface area contributed by atoms with Crippen LogP contribution >= 0.6 is 23.2 Å². The molecule has 0 saturated carbocycles. The Balaban J connectivity index is 1.58. The van der Waals surface area contributed by atoms with Crippen LogP contribution in [-0.4, -0.2) is 21.2 Å². The Morgan fingerprint density at radius 1 is 0.677 bits per heavy atom. The lowest BCUT2D eigenvalue weighted by Crippen LogP contribution is -2.07. The van der Waals surface area contributed by atoms with Gasteiger partial charge in [-0.05, 0) is 36.4 Å². The second kappa shape index (κ2) is 9.88. The minimum absolute atomic E-state index is 0.258. The van der Waals surface area contributed by atoms with Crippen molar-refractivity contribution in [2.45, 2.75) is 0 Å². The second-order valence-corrected chi connectivity index (χ2v) is 7.17. The Bertz CT molecular complexity index is 1130. The molecule has 0 amide bonds. The van der Waals surface area contributed by atoms with Crippen LogP contribution in [0.15, 0.2) is 84.0 Å². The molecule has 0 radical (unpaired) electrons. The van der Waals surface area contributed by atoms with Crippen molar-refractivity contribution in [2.24, 2.45) is 5.10 Å². The summed E-state index contributed by atoms with van der Waals surface area (Å²) in [6.45, 7) is 0. The van der Waals surface area contributed by atoms with Gasteiger partial charge in [0.1, 0.15) is 0 Å². The molecule has 1 aromatic heterocycles. The van der Waals surface area contributed by atoms with E-state index in [2.05, 4.69) is 36.1 Å². The van der Waals surface area contributed by atoms with Crippen molar-refractivity contribution < 1.29 is 0 Å². The van der Waals surface area contributed by atoms with Crippen molar-refractivity contribution in [1.82, 2.24) is 15.0 Å². The first-order valence-corrected chi connectivity index (χ1v) is 10.1. The third-order valence-corrected chi connectivity index (χ3v) is 4.59. The standard InChI is InChI=1S/C22H17Cl2N7/c23-16-12-11-15(19(24)13-16)14-25-31-22-29-20(26-17-7-3-1-4-8-17)28-21(30-22)27-18-9-5-2-6-10-18/h1-14H,(H3,26,27,28,29,30,31)/b25-14+. The molecule has 0 spiro atoms. The number of rotatable bonds is 7. The summed E-state index contributed by atoms with van der Waals surface area (Å²) in [5, 5.41) is 11.6. The molecule has 0 aliphatic heterocycles. The normalized spacial score (nSPS) is 10.8. The van der Waals surface area contributed by atoms with Gasteiger partial charge < -0.3 is 10.6 Å². The number of hydrogen-bond donors (Lipinski definition) is 3. The zero-order chi connectivity index (χ0) is 21.5. The molecule has 9 heteroatoms. The smallest absolute Gasteiger partial charge is 0.250 e. The molecule has 0 saturated heterocycles. The first kappa shape index (κ1) is 20.6. The Morgan fingerprint density at radius 3 is 1.77 bits per heavy atom. The molecule has 4 rings (SSSR count). The summed E-state index contributed by atoms with van der Waals surface area (Å²) >= 11 is 12.1. The quantitative estimate of drug-likeness (QED) is 0.233. The molecule has 1 heterocycles. The SMILES string of the molecule is Clc1ccc(/C=N/Nc2nc(Nc3ccccc3)nc(Nc3ccccc3)n2)c(Cl)c1. The van der Waals surface area contributed by atoms with Gasteiger partial charge in [0.05, 0.1) is 11.2 Å². The number of hydrogen-bond acceptors (Lipinski definition) is 7. The lowest BCUT2D eigenvalue weighted by Gasteiger charge is -2.10. The number of nitrogens with one attached hydrogen (secondary N) is 3. The molecule has 3 aromatic carbocycles. The number of para-hydroxylation sites is 2. The van der Waals surface area contributed by atoms with Gasteiger partial charge in [-0.15, -0.1) is 0 Å². The van der Waals surface area contributed by atoms with Crippen molar-refractivity contribution in [3.8, 4) is 0 Å². The number of hydrazone groups is 1. The van der Waals surface area contributed by atoms with Crippen LogP contribution in [0, 0.1) is 0 Å². The van der Waals surface area contributed by atoms with Gasteiger partial charge in [-0.25, -0.2) is 5.43 Å². The van der Waals surface area contributed by atoms with E-state index < -0.39 is 0 Å². The molecule has 0 aliphatic carbocycles. The molecule has 3 N–H and O–H groups in total. The topological polar surface area (TPSA) is 87.1 Å². The van der Waals surface area contributed by atoms with E-state index >= 15 is 0 Å². The highest BCUT2D eigenvalue weighted by atomic mass is 35.5. The summed E-state index contributed by atoms with van der Waals surface area (Å²) in [6.07, 6.45) is 1.57. The first-order chi connectivity index (χ1) is 15.2. The fourth-order valence-corrected chi connectivity index (χ4v) is 3.06. The summed E-state index contributed by atoms with van der Waals surface area (Å²) < 4.78 is 0. The molecule has 0 bridgehead atoms. The van der Waals surface area contributed by atoms with Gasteiger partial charge in [0.2, 0.25) is 17.8 Å². The van der Waals surface area contributed by atoms with E-state index in [-0.39, 0.29) is 5.95 Å². The van der Waals surface area contributed by atoms with Gasteiger partial charge in [-0.2, -0.15) is 20.1 Å². The van der Waals surface area contributed by atoms with Gasteiger partial charge >= 0.3 is 0 Å². The fourth-order valence-electron chi connectivity index (χ4n) is 2.60. The van der Waals surface area contributed by atoms with Crippen molar-refractivity contribution in [1.29, 1.82) is 0 Å². The van der Waals surface area contributed by atoms with Crippen LogP contribution in [0.25, 0.3) is 0 Å². The van der Waals surface area contributed by atoms with E-state index in [4.69, 9.17) is 23.2 Å². The Kier molecular flexibility index (Phi) is 6.56. The molecular formula is C22H17Cl2N7. The second-order valence-electron chi connectivity index (χ2n) is 6.32. The Labute approximate surface area is 189 Å². The van der Waals surface area contributed by atoms with Crippen LogP contribution < -0.4 is 16.1 Å². The molecule has 0 atom stereocenters. The van der Waals surface area contributed by atoms with Gasteiger partial charge in [-0.3, -0.25) is 0 Å². The van der Waals surface area contributed by atoms with Gasteiger partial charge in [0.15, 0.2) is 0 Å². The number of anilines is 5. The monoisotopic (exact) mass is 449 g/mol. The molecule has 0 unspecified atom stereocenters. The van der Waals surface area contributed by atoms with Gasteiger partial charge in [0.25, 0.3) is 0 Å². The maximum absolute atomic E-state index is 6.18. The van der Waals surface area contributed by atoms with Crippen LogP contribution in [0.5, 0.6) is 0 Å². The predicted molar refractivity (Wildman–Crippen MR) is 127 cm³/mol. The largest absolute Gasteiger partial charge is 0.324 e. The maximum Gasteiger partial charge on any atom is 0.250 e. The van der Waals surface area contributed by atoms with Crippen molar-refractivity contribution >= 4 is 58.6 Å². The summed E-state index contributed by atoms with van der Waals surface area (Å²) in [6, 6.07) is 24.4. The zero-order valence-electron chi connectivity index (χ0n) is 16.1. The molecule has 154 valence electrons. The molecule has 4 aromatic rings. The lowest BCUT2D eigenvalue weighted by atomic mass is 10.2. The Hall–Kier alpha value is -3.68. The number of nitrogens with zero attached hydrogens (tertiary/aromatic N) is 4. The molecule has 0 aliphatic rings. The van der Waals surface area contributed by atoms with E-state index in [9.17, 15) is 0 Å². The minimum atomic E-state index is 0.258.